The minimum absolute atomic E-state index is 0.0381. The molecule has 1 fully saturated rings. The number of benzene rings is 2. The molecule has 28 heavy (non-hydrogen) atoms. The second-order valence-corrected chi connectivity index (χ2v) is 8.77. The smallest absolute Gasteiger partial charge is 0.335 e. The molecule has 4 rings (SSSR count). The fourth-order valence-electron chi connectivity index (χ4n) is 3.47. The minimum atomic E-state index is -3.80. The van der Waals surface area contributed by atoms with Crippen molar-refractivity contribution in [2.24, 2.45) is 0 Å². The van der Waals surface area contributed by atoms with Crippen LogP contribution in [0.2, 0.25) is 0 Å². The van der Waals surface area contributed by atoms with E-state index in [1.54, 1.807) is 12.1 Å². The zero-order valence-electron chi connectivity index (χ0n) is 15.2. The summed E-state index contributed by atoms with van der Waals surface area (Å²) in [6, 6.07) is 11.3. The quantitative estimate of drug-likeness (QED) is 0.722. The van der Waals surface area contributed by atoms with Crippen molar-refractivity contribution in [2.75, 3.05) is 13.1 Å². The van der Waals surface area contributed by atoms with Gasteiger partial charge < -0.3 is 5.11 Å². The molecule has 146 valence electrons. The standard InChI is InChI=1S/C19H20N4O4S/c24-19(25)14-11-15(23-18-8-4-3-7-17(18)20-21-23)13-16(12-14)28(26,27)22-9-5-1-2-6-10-22/h3-4,7-8,11-13H,1-2,5-6,9-10H2,(H,24,25). The van der Waals surface area contributed by atoms with Crippen LogP contribution in [0.4, 0.5) is 0 Å². The highest BCUT2D eigenvalue weighted by molar-refractivity contribution is 7.89. The van der Waals surface area contributed by atoms with Crippen molar-refractivity contribution in [1.29, 1.82) is 0 Å². The zero-order valence-corrected chi connectivity index (χ0v) is 16.0. The number of aromatic nitrogens is 3. The summed E-state index contributed by atoms with van der Waals surface area (Å²) in [4.78, 5) is 11.6. The molecule has 0 amide bonds. The third-order valence-electron chi connectivity index (χ3n) is 4.94. The first-order chi connectivity index (χ1) is 13.5. The lowest BCUT2D eigenvalue weighted by Crippen LogP contribution is -2.32. The number of rotatable bonds is 4. The summed E-state index contributed by atoms with van der Waals surface area (Å²) in [6.45, 7) is 0.891. The molecule has 1 aliphatic heterocycles. The summed E-state index contributed by atoms with van der Waals surface area (Å²) in [7, 11) is -3.80. The van der Waals surface area contributed by atoms with Crippen LogP contribution >= 0.6 is 0 Å². The molecule has 1 saturated heterocycles. The number of fused-ring (bicyclic) bond motifs is 1. The molecule has 0 aliphatic carbocycles. The van der Waals surface area contributed by atoms with Crippen molar-refractivity contribution in [2.45, 2.75) is 30.6 Å². The fraction of sp³-hybridized carbons (Fsp3) is 0.316. The Hall–Kier alpha value is -2.78. The van der Waals surface area contributed by atoms with Crippen molar-refractivity contribution in [1.82, 2.24) is 19.3 Å². The highest BCUT2D eigenvalue weighted by Gasteiger charge is 2.27. The predicted molar refractivity (Wildman–Crippen MR) is 103 cm³/mol. The van der Waals surface area contributed by atoms with E-state index in [-0.39, 0.29) is 10.5 Å². The summed E-state index contributed by atoms with van der Waals surface area (Å²) < 4.78 is 29.3. The highest BCUT2D eigenvalue weighted by Crippen LogP contribution is 2.25. The highest BCUT2D eigenvalue weighted by atomic mass is 32.2. The largest absolute Gasteiger partial charge is 0.478 e. The van der Waals surface area contributed by atoms with Crippen LogP contribution in [-0.2, 0) is 10.0 Å². The number of hydrogen-bond donors (Lipinski definition) is 1. The number of aromatic carboxylic acids is 1. The Morgan fingerprint density at radius 1 is 1.00 bits per heavy atom. The third-order valence-corrected chi connectivity index (χ3v) is 6.81. The van der Waals surface area contributed by atoms with Crippen molar-refractivity contribution >= 4 is 27.0 Å². The maximum absolute atomic E-state index is 13.2. The number of carboxylic acid groups (broad SMARTS) is 1. The van der Waals surface area contributed by atoms with E-state index in [0.717, 1.165) is 25.7 Å². The van der Waals surface area contributed by atoms with Gasteiger partial charge in [0.2, 0.25) is 10.0 Å². The van der Waals surface area contributed by atoms with Crippen LogP contribution in [0.1, 0.15) is 36.0 Å². The second kappa shape index (κ2) is 7.33. The lowest BCUT2D eigenvalue weighted by atomic mass is 10.2. The first kappa shape index (κ1) is 18.6. The Morgan fingerprint density at radius 3 is 2.43 bits per heavy atom. The van der Waals surface area contributed by atoms with Crippen LogP contribution < -0.4 is 0 Å². The van der Waals surface area contributed by atoms with E-state index in [2.05, 4.69) is 10.3 Å². The van der Waals surface area contributed by atoms with Gasteiger partial charge in [0, 0.05) is 13.1 Å². The number of sulfonamides is 1. The van der Waals surface area contributed by atoms with Crippen molar-refractivity contribution in [3.05, 3.63) is 48.0 Å². The number of carbonyl (C=O) groups is 1. The lowest BCUT2D eigenvalue weighted by molar-refractivity contribution is 0.0696. The molecule has 0 saturated carbocycles. The summed E-state index contributed by atoms with van der Waals surface area (Å²) >= 11 is 0. The molecule has 1 N–H and O–H groups in total. The molecular formula is C19H20N4O4S. The minimum Gasteiger partial charge on any atom is -0.478 e. The van der Waals surface area contributed by atoms with Crippen molar-refractivity contribution < 1.29 is 18.3 Å². The van der Waals surface area contributed by atoms with Gasteiger partial charge in [0.25, 0.3) is 0 Å². The van der Waals surface area contributed by atoms with Gasteiger partial charge in [0.1, 0.15) is 5.52 Å². The van der Waals surface area contributed by atoms with E-state index in [0.29, 0.717) is 29.8 Å². The van der Waals surface area contributed by atoms with Gasteiger partial charge in [-0.05, 0) is 43.2 Å². The Labute approximate surface area is 162 Å². The Balaban J connectivity index is 1.85. The van der Waals surface area contributed by atoms with Gasteiger partial charge in [-0.2, -0.15) is 4.31 Å². The van der Waals surface area contributed by atoms with Crippen molar-refractivity contribution in [3.63, 3.8) is 0 Å². The summed E-state index contributed by atoms with van der Waals surface area (Å²) in [5.41, 5.74) is 1.55. The number of hydrogen-bond acceptors (Lipinski definition) is 5. The topological polar surface area (TPSA) is 105 Å². The van der Waals surface area contributed by atoms with E-state index < -0.39 is 16.0 Å². The van der Waals surface area contributed by atoms with Crippen LogP contribution in [0.5, 0.6) is 0 Å². The predicted octanol–water partition coefficient (Wildman–Crippen LogP) is 2.68. The first-order valence-electron chi connectivity index (χ1n) is 9.16. The average Bonchev–Trinajstić information content (AvgIpc) is 2.92. The number of nitrogens with zero attached hydrogens (tertiary/aromatic N) is 4. The molecular weight excluding hydrogens is 380 g/mol. The van der Waals surface area contributed by atoms with Crippen LogP contribution in [0.15, 0.2) is 47.4 Å². The van der Waals surface area contributed by atoms with Crippen molar-refractivity contribution in [3.8, 4) is 5.69 Å². The molecule has 0 unspecified atom stereocenters. The zero-order chi connectivity index (χ0) is 19.7. The first-order valence-corrected chi connectivity index (χ1v) is 10.6. The lowest BCUT2D eigenvalue weighted by Gasteiger charge is -2.20. The maximum Gasteiger partial charge on any atom is 0.335 e. The molecule has 1 aromatic heterocycles. The summed E-state index contributed by atoms with van der Waals surface area (Å²) in [5.74, 6) is -1.20. The second-order valence-electron chi connectivity index (χ2n) is 6.83. The van der Waals surface area contributed by atoms with Gasteiger partial charge in [-0.1, -0.05) is 30.2 Å². The number of para-hydroxylation sites is 1. The molecule has 1 aliphatic rings. The van der Waals surface area contributed by atoms with Gasteiger partial charge in [0.05, 0.1) is 21.7 Å². The third kappa shape index (κ3) is 3.38. The van der Waals surface area contributed by atoms with Crippen LogP contribution in [0.3, 0.4) is 0 Å². The number of carboxylic acids is 1. The molecule has 2 aromatic carbocycles. The Morgan fingerprint density at radius 2 is 1.71 bits per heavy atom. The van der Waals surface area contributed by atoms with Gasteiger partial charge >= 0.3 is 5.97 Å². The molecule has 3 aromatic rings. The van der Waals surface area contributed by atoms with Crippen LogP contribution in [0, 0.1) is 0 Å². The Bertz CT molecular complexity index is 1130. The van der Waals surface area contributed by atoms with E-state index in [9.17, 15) is 18.3 Å². The molecule has 8 nitrogen and oxygen atoms in total. The van der Waals surface area contributed by atoms with Crippen LogP contribution in [0.25, 0.3) is 16.7 Å². The molecule has 0 spiro atoms. The molecule has 2 heterocycles. The average molecular weight is 400 g/mol. The van der Waals surface area contributed by atoms with E-state index in [4.69, 9.17) is 0 Å². The maximum atomic E-state index is 13.2. The molecule has 0 bridgehead atoms. The normalized spacial score (nSPS) is 16.1. The monoisotopic (exact) mass is 400 g/mol. The van der Waals surface area contributed by atoms with E-state index in [1.165, 1.54) is 27.2 Å². The molecule has 0 radical (unpaired) electrons. The van der Waals surface area contributed by atoms with Gasteiger partial charge in [-0.25, -0.2) is 17.9 Å². The molecule has 9 heteroatoms. The van der Waals surface area contributed by atoms with Gasteiger partial charge in [-0.3, -0.25) is 0 Å². The fourth-order valence-corrected chi connectivity index (χ4v) is 5.05. The summed E-state index contributed by atoms with van der Waals surface area (Å²) in [5, 5.41) is 17.7. The molecule has 0 atom stereocenters. The van der Waals surface area contributed by atoms with Gasteiger partial charge in [0.15, 0.2) is 0 Å². The van der Waals surface area contributed by atoms with E-state index >= 15 is 0 Å². The van der Waals surface area contributed by atoms with Crippen LogP contribution in [-0.4, -0.2) is 51.9 Å². The summed E-state index contributed by atoms with van der Waals surface area (Å²) in [6.07, 6.45) is 3.60. The van der Waals surface area contributed by atoms with Gasteiger partial charge in [-0.15, -0.1) is 5.10 Å². The Kier molecular flexibility index (Phi) is 4.86. The SMILES string of the molecule is O=C(O)c1cc(-n2nnc3ccccc32)cc(S(=O)(=O)N2CCCCCC2)c1. The van der Waals surface area contributed by atoms with E-state index in [1.807, 2.05) is 12.1 Å².